The molecule has 0 bridgehead atoms. The van der Waals surface area contributed by atoms with E-state index in [0.29, 0.717) is 0 Å². The van der Waals surface area contributed by atoms with Crippen molar-refractivity contribution in [3.8, 4) is 5.75 Å². The summed E-state index contributed by atoms with van der Waals surface area (Å²) in [6, 6.07) is 8.40. The Morgan fingerprint density at radius 1 is 1.10 bits per heavy atom. The summed E-state index contributed by atoms with van der Waals surface area (Å²) in [6.45, 7) is 6.75. The van der Waals surface area contributed by atoms with Crippen molar-refractivity contribution in [3.05, 3.63) is 48.7 Å². The zero-order valence-corrected chi connectivity index (χ0v) is 12.6. The predicted octanol–water partition coefficient (Wildman–Crippen LogP) is 3.69. The Morgan fingerprint density at radius 2 is 2.00 bits per heavy atom. The molecular formula is C17H21N3O. The summed E-state index contributed by atoms with van der Waals surface area (Å²) in [5.41, 5.74) is 1.21. The number of hydrogen-bond donors (Lipinski definition) is 0. The molecule has 2 heterocycles. The summed E-state index contributed by atoms with van der Waals surface area (Å²) in [6.07, 6.45) is 7.03. The van der Waals surface area contributed by atoms with E-state index in [0.717, 1.165) is 37.7 Å². The minimum atomic E-state index is 0.764. The lowest BCUT2D eigenvalue weighted by atomic mass is 10.2. The number of hydrogen-bond acceptors (Lipinski definition) is 2. The lowest BCUT2D eigenvalue weighted by Crippen LogP contribution is -2.06. The van der Waals surface area contributed by atoms with E-state index in [1.165, 1.54) is 10.9 Å². The molecule has 1 aromatic carbocycles. The molecule has 0 aliphatic rings. The van der Waals surface area contributed by atoms with Crippen molar-refractivity contribution in [3.63, 3.8) is 0 Å². The zero-order chi connectivity index (χ0) is 14.7. The fraction of sp³-hybridized carbons (Fsp3) is 0.353. The average molecular weight is 283 g/mol. The van der Waals surface area contributed by atoms with E-state index in [-0.39, 0.29) is 0 Å². The van der Waals surface area contributed by atoms with Crippen LogP contribution in [-0.2, 0) is 13.1 Å². The van der Waals surface area contributed by atoms with Crippen LogP contribution in [0.3, 0.4) is 0 Å². The minimum absolute atomic E-state index is 0.764. The summed E-state index contributed by atoms with van der Waals surface area (Å²) in [5.74, 6) is 2.03. The van der Waals surface area contributed by atoms with Crippen LogP contribution in [0, 0.1) is 0 Å². The van der Waals surface area contributed by atoms with E-state index in [1.807, 2.05) is 18.5 Å². The van der Waals surface area contributed by atoms with Crippen molar-refractivity contribution in [1.82, 2.24) is 14.1 Å². The highest BCUT2D eigenvalue weighted by atomic mass is 16.5. The molecule has 4 heteroatoms. The summed E-state index contributed by atoms with van der Waals surface area (Å²) >= 11 is 0. The third-order valence-corrected chi connectivity index (χ3v) is 3.67. The van der Waals surface area contributed by atoms with Gasteiger partial charge in [-0.2, -0.15) is 0 Å². The van der Waals surface area contributed by atoms with Gasteiger partial charge in [0.15, 0.2) is 0 Å². The van der Waals surface area contributed by atoms with Gasteiger partial charge in [-0.1, -0.05) is 6.92 Å². The Bertz CT molecular complexity index is 727. The van der Waals surface area contributed by atoms with E-state index in [2.05, 4.69) is 52.4 Å². The van der Waals surface area contributed by atoms with Crippen molar-refractivity contribution < 1.29 is 4.74 Å². The molecule has 110 valence electrons. The maximum Gasteiger partial charge on any atom is 0.128 e. The van der Waals surface area contributed by atoms with Crippen LogP contribution in [0.2, 0.25) is 0 Å². The second-order valence-corrected chi connectivity index (χ2v) is 5.14. The predicted molar refractivity (Wildman–Crippen MR) is 84.7 cm³/mol. The Balaban J connectivity index is 1.86. The molecule has 2 aromatic heterocycles. The van der Waals surface area contributed by atoms with Crippen LogP contribution in [0.25, 0.3) is 10.9 Å². The van der Waals surface area contributed by atoms with Gasteiger partial charge in [-0.3, -0.25) is 0 Å². The normalized spacial score (nSPS) is 11.1. The van der Waals surface area contributed by atoms with Gasteiger partial charge in [-0.25, -0.2) is 4.98 Å². The van der Waals surface area contributed by atoms with Gasteiger partial charge in [0.1, 0.15) is 11.6 Å². The molecule has 0 amide bonds. The third-order valence-electron chi connectivity index (χ3n) is 3.67. The van der Waals surface area contributed by atoms with Gasteiger partial charge in [0.2, 0.25) is 0 Å². The summed E-state index contributed by atoms with van der Waals surface area (Å²) in [7, 11) is 0. The first-order valence-corrected chi connectivity index (χ1v) is 7.53. The minimum Gasteiger partial charge on any atom is -0.494 e. The van der Waals surface area contributed by atoms with Crippen molar-refractivity contribution in [2.24, 2.45) is 0 Å². The fourth-order valence-corrected chi connectivity index (χ4v) is 2.56. The second kappa shape index (κ2) is 6.04. The first-order chi connectivity index (χ1) is 10.3. The van der Waals surface area contributed by atoms with E-state index in [1.54, 1.807) is 0 Å². The molecule has 0 saturated heterocycles. The Kier molecular flexibility index (Phi) is 3.95. The third kappa shape index (κ3) is 2.79. The molecule has 3 rings (SSSR count). The smallest absolute Gasteiger partial charge is 0.128 e. The topological polar surface area (TPSA) is 32.0 Å². The number of imidazole rings is 1. The molecule has 0 saturated carbocycles. The highest BCUT2D eigenvalue weighted by Crippen LogP contribution is 2.22. The van der Waals surface area contributed by atoms with Crippen LogP contribution >= 0.6 is 0 Å². The number of benzene rings is 1. The van der Waals surface area contributed by atoms with Crippen LogP contribution in [-0.4, -0.2) is 20.7 Å². The number of rotatable bonds is 6. The molecule has 0 spiro atoms. The molecule has 0 unspecified atom stereocenters. The van der Waals surface area contributed by atoms with Gasteiger partial charge in [-0.15, -0.1) is 0 Å². The molecule has 0 fully saturated rings. The number of nitrogens with zero attached hydrogens (tertiary/aromatic N) is 3. The monoisotopic (exact) mass is 283 g/mol. The molecule has 0 radical (unpaired) electrons. The van der Waals surface area contributed by atoms with Gasteiger partial charge >= 0.3 is 0 Å². The first-order valence-electron chi connectivity index (χ1n) is 7.53. The molecule has 0 N–H and O–H groups in total. The van der Waals surface area contributed by atoms with E-state index >= 15 is 0 Å². The van der Waals surface area contributed by atoms with Crippen molar-refractivity contribution >= 4 is 10.9 Å². The average Bonchev–Trinajstić information content (AvgIpc) is 3.12. The van der Waals surface area contributed by atoms with E-state index < -0.39 is 0 Å². The number of aryl methyl sites for hydroxylation is 1. The summed E-state index contributed by atoms with van der Waals surface area (Å²) in [5, 5.41) is 1.21. The Hall–Kier alpha value is -2.23. The molecule has 0 aliphatic heterocycles. The summed E-state index contributed by atoms with van der Waals surface area (Å²) in [4.78, 5) is 4.44. The maximum absolute atomic E-state index is 5.69. The van der Waals surface area contributed by atoms with Gasteiger partial charge in [-0.05, 0) is 37.6 Å². The maximum atomic E-state index is 5.69. The lowest BCUT2D eigenvalue weighted by molar-refractivity contribution is 0.318. The number of fused-ring (bicyclic) bond motifs is 1. The molecule has 21 heavy (non-hydrogen) atoms. The van der Waals surface area contributed by atoms with Crippen LogP contribution in [0.1, 0.15) is 26.1 Å². The van der Waals surface area contributed by atoms with E-state index in [9.17, 15) is 0 Å². The standard InChI is InChI=1S/C17H21N3O/c1-3-11-21-15-5-6-16-14(12-15)7-9-20(16)13-17-18-8-10-19(17)4-2/h5-10,12H,3-4,11,13H2,1-2H3. The quantitative estimate of drug-likeness (QED) is 0.691. The van der Waals surface area contributed by atoms with Crippen molar-refractivity contribution in [2.75, 3.05) is 6.61 Å². The molecule has 0 aliphatic carbocycles. The number of ether oxygens (including phenoxy) is 1. The summed E-state index contributed by atoms with van der Waals surface area (Å²) < 4.78 is 10.1. The molecule has 4 nitrogen and oxygen atoms in total. The molecular weight excluding hydrogens is 262 g/mol. The van der Waals surface area contributed by atoms with Gasteiger partial charge < -0.3 is 13.9 Å². The van der Waals surface area contributed by atoms with Gasteiger partial charge in [0, 0.05) is 36.0 Å². The first kappa shape index (κ1) is 13.7. The largest absolute Gasteiger partial charge is 0.494 e. The SMILES string of the molecule is CCCOc1ccc2c(ccn2Cc2nccn2CC)c1. The van der Waals surface area contributed by atoms with Crippen molar-refractivity contribution in [2.45, 2.75) is 33.4 Å². The van der Waals surface area contributed by atoms with Crippen LogP contribution in [0.5, 0.6) is 5.75 Å². The zero-order valence-electron chi connectivity index (χ0n) is 12.6. The molecule has 0 atom stereocenters. The van der Waals surface area contributed by atoms with Crippen LogP contribution in [0.15, 0.2) is 42.9 Å². The Labute approximate surface area is 125 Å². The van der Waals surface area contributed by atoms with Crippen LogP contribution in [0.4, 0.5) is 0 Å². The van der Waals surface area contributed by atoms with E-state index in [4.69, 9.17) is 4.74 Å². The molecule has 3 aromatic rings. The van der Waals surface area contributed by atoms with Crippen molar-refractivity contribution in [1.29, 1.82) is 0 Å². The van der Waals surface area contributed by atoms with Crippen LogP contribution < -0.4 is 4.74 Å². The highest BCUT2D eigenvalue weighted by Gasteiger charge is 2.06. The lowest BCUT2D eigenvalue weighted by Gasteiger charge is -2.08. The van der Waals surface area contributed by atoms with Gasteiger partial charge in [0.25, 0.3) is 0 Å². The van der Waals surface area contributed by atoms with Gasteiger partial charge in [0.05, 0.1) is 13.2 Å². The fourth-order valence-electron chi connectivity index (χ4n) is 2.56. The Morgan fingerprint density at radius 3 is 2.81 bits per heavy atom. The highest BCUT2D eigenvalue weighted by molar-refractivity contribution is 5.81. The second-order valence-electron chi connectivity index (χ2n) is 5.14. The number of aromatic nitrogens is 3.